The molecule has 1 amide bonds. The lowest BCUT2D eigenvalue weighted by Gasteiger charge is -2.29. The molecule has 7 rings (SSSR count). The number of carbonyl (C=O) groups excluding carboxylic acids is 2. The van der Waals surface area contributed by atoms with Crippen molar-refractivity contribution in [2.45, 2.75) is 44.6 Å². The summed E-state index contributed by atoms with van der Waals surface area (Å²) < 4.78 is 15.2. The maximum absolute atomic E-state index is 14.2. The van der Waals surface area contributed by atoms with Gasteiger partial charge in [-0.05, 0) is 73.2 Å². The van der Waals surface area contributed by atoms with Crippen molar-refractivity contribution >= 4 is 28.3 Å². The van der Waals surface area contributed by atoms with Gasteiger partial charge in [-0.1, -0.05) is 43.2 Å². The van der Waals surface area contributed by atoms with E-state index in [0.29, 0.717) is 18.1 Å². The molecule has 0 spiro atoms. The van der Waals surface area contributed by atoms with E-state index in [2.05, 4.69) is 17.2 Å². The predicted octanol–water partition coefficient (Wildman–Crippen LogP) is 6.65. The number of hydrogen-bond acceptors (Lipinski definition) is 3. The predicted molar refractivity (Wildman–Crippen MR) is 144 cm³/mol. The molecule has 0 radical (unpaired) electrons. The zero-order valence-electron chi connectivity index (χ0n) is 21.2. The molecule has 0 unspecified atom stereocenters. The summed E-state index contributed by atoms with van der Waals surface area (Å²) in [6.07, 6.45) is 7.45. The molecule has 6 heteroatoms. The number of hydrogen-bond donors (Lipinski definition) is 0. The standard InChI is InChI=1S/C32H30FN3O2/c33-24-10-12-25(13-11-24)36-29-15-14-26(17-23(29)19-34-36)35-31(22-4-2-1-3-5-22)27(18-30(37)21-8-9-21)28(32(35)38)16-20-6-7-20/h1-5,10-15,17,19-21,27-28,31H,6-9,16,18H2/t27-,28-,31+/m0/s1. The molecule has 1 aliphatic heterocycles. The highest BCUT2D eigenvalue weighted by Crippen LogP contribution is 2.51. The van der Waals surface area contributed by atoms with Crippen LogP contribution in [-0.2, 0) is 9.59 Å². The third-order valence-corrected chi connectivity index (χ3v) is 8.55. The van der Waals surface area contributed by atoms with Crippen LogP contribution in [0.25, 0.3) is 16.6 Å². The van der Waals surface area contributed by atoms with Gasteiger partial charge in [-0.3, -0.25) is 9.59 Å². The molecule has 0 bridgehead atoms. The van der Waals surface area contributed by atoms with Crippen molar-refractivity contribution in [1.29, 1.82) is 0 Å². The molecule has 3 aromatic carbocycles. The summed E-state index contributed by atoms with van der Waals surface area (Å²) in [5, 5.41) is 5.45. The van der Waals surface area contributed by atoms with E-state index in [1.807, 2.05) is 41.3 Å². The Morgan fingerprint density at radius 1 is 0.921 bits per heavy atom. The summed E-state index contributed by atoms with van der Waals surface area (Å²) in [4.78, 5) is 29.2. The highest BCUT2D eigenvalue weighted by atomic mass is 19.1. The highest BCUT2D eigenvalue weighted by Gasteiger charge is 2.51. The van der Waals surface area contributed by atoms with E-state index in [9.17, 15) is 14.0 Å². The summed E-state index contributed by atoms with van der Waals surface area (Å²) in [6, 6.07) is 22.3. The number of ketones is 1. The van der Waals surface area contributed by atoms with Gasteiger partial charge < -0.3 is 4.90 Å². The molecule has 38 heavy (non-hydrogen) atoms. The van der Waals surface area contributed by atoms with Crippen LogP contribution in [0.5, 0.6) is 0 Å². The fourth-order valence-electron chi connectivity index (χ4n) is 6.25. The van der Waals surface area contributed by atoms with Crippen LogP contribution in [-0.4, -0.2) is 21.5 Å². The number of amides is 1. The van der Waals surface area contributed by atoms with Crippen LogP contribution in [0.3, 0.4) is 0 Å². The Hall–Kier alpha value is -3.80. The lowest BCUT2D eigenvalue weighted by atomic mass is 9.80. The van der Waals surface area contributed by atoms with Crippen LogP contribution >= 0.6 is 0 Å². The summed E-state index contributed by atoms with van der Waals surface area (Å²) >= 11 is 0. The van der Waals surface area contributed by atoms with Gasteiger partial charge in [0.05, 0.1) is 23.4 Å². The van der Waals surface area contributed by atoms with Crippen molar-refractivity contribution < 1.29 is 14.0 Å². The van der Waals surface area contributed by atoms with Crippen molar-refractivity contribution in [3.8, 4) is 5.69 Å². The smallest absolute Gasteiger partial charge is 0.231 e. The van der Waals surface area contributed by atoms with Gasteiger partial charge in [0.25, 0.3) is 0 Å². The van der Waals surface area contributed by atoms with Crippen molar-refractivity contribution in [2.75, 3.05) is 4.90 Å². The first-order valence-electron chi connectivity index (χ1n) is 13.7. The van der Waals surface area contributed by atoms with Gasteiger partial charge in [0.2, 0.25) is 5.91 Å². The Morgan fingerprint density at radius 2 is 1.66 bits per heavy atom. The third-order valence-electron chi connectivity index (χ3n) is 8.55. The molecule has 3 atom stereocenters. The molecule has 1 aromatic heterocycles. The maximum Gasteiger partial charge on any atom is 0.231 e. The minimum atomic E-state index is -0.289. The lowest BCUT2D eigenvalue weighted by Crippen LogP contribution is -2.29. The highest BCUT2D eigenvalue weighted by molar-refractivity contribution is 6.01. The van der Waals surface area contributed by atoms with Gasteiger partial charge >= 0.3 is 0 Å². The molecule has 2 saturated carbocycles. The SMILES string of the molecule is O=C(C[C@H]1[C@H](CC2CC2)C(=O)N(c2ccc3c(cnn3-c3ccc(F)cc3)c2)[C@@H]1c1ccccc1)C1CC1. The monoisotopic (exact) mass is 507 g/mol. The molecule has 2 heterocycles. The number of anilines is 1. The van der Waals surface area contributed by atoms with E-state index in [4.69, 9.17) is 0 Å². The fourth-order valence-corrected chi connectivity index (χ4v) is 6.25. The lowest BCUT2D eigenvalue weighted by molar-refractivity contribution is -0.123. The first-order chi connectivity index (χ1) is 18.6. The average Bonchev–Trinajstić information content (AvgIpc) is 3.87. The summed E-state index contributed by atoms with van der Waals surface area (Å²) in [6.45, 7) is 0. The van der Waals surface area contributed by atoms with E-state index in [0.717, 1.165) is 47.1 Å². The molecule has 5 nitrogen and oxygen atoms in total. The first kappa shape index (κ1) is 23.3. The van der Waals surface area contributed by atoms with E-state index < -0.39 is 0 Å². The second kappa shape index (κ2) is 9.19. The number of halogens is 1. The molecule has 2 aliphatic carbocycles. The van der Waals surface area contributed by atoms with Crippen molar-refractivity contribution in [2.24, 2.45) is 23.7 Å². The van der Waals surface area contributed by atoms with Crippen LogP contribution in [0.1, 0.15) is 50.1 Å². The van der Waals surface area contributed by atoms with Gasteiger partial charge in [-0.25, -0.2) is 9.07 Å². The summed E-state index contributed by atoms with van der Waals surface area (Å²) in [7, 11) is 0. The second-order valence-electron chi connectivity index (χ2n) is 11.2. The first-order valence-corrected chi connectivity index (χ1v) is 13.7. The normalized spacial score (nSPS) is 23.3. The van der Waals surface area contributed by atoms with Gasteiger partial charge in [-0.15, -0.1) is 0 Å². The van der Waals surface area contributed by atoms with Crippen molar-refractivity contribution in [3.63, 3.8) is 0 Å². The van der Waals surface area contributed by atoms with E-state index in [1.165, 1.54) is 25.0 Å². The number of aromatic nitrogens is 2. The Kier molecular flexibility index (Phi) is 5.64. The zero-order valence-corrected chi connectivity index (χ0v) is 21.2. The number of carbonyl (C=O) groups is 2. The fraction of sp³-hybridized carbons (Fsp3) is 0.344. The molecular formula is C32H30FN3O2. The largest absolute Gasteiger partial charge is 0.304 e. The van der Waals surface area contributed by atoms with Gasteiger partial charge in [-0.2, -0.15) is 5.10 Å². The number of benzene rings is 3. The van der Waals surface area contributed by atoms with Crippen LogP contribution in [0.15, 0.2) is 79.0 Å². The van der Waals surface area contributed by atoms with Gasteiger partial charge in [0.1, 0.15) is 11.6 Å². The quantitative estimate of drug-likeness (QED) is 0.268. The zero-order chi connectivity index (χ0) is 25.8. The topological polar surface area (TPSA) is 55.2 Å². The summed E-state index contributed by atoms with van der Waals surface area (Å²) in [5.74, 6) is 0.764. The van der Waals surface area contributed by atoms with Crippen LogP contribution in [0, 0.1) is 29.5 Å². The Labute approximate surface area is 221 Å². The van der Waals surface area contributed by atoms with Crippen LogP contribution < -0.4 is 4.90 Å². The Bertz CT molecular complexity index is 1510. The minimum absolute atomic E-state index is 0.0313. The molecule has 3 aliphatic rings. The van der Waals surface area contributed by atoms with Crippen molar-refractivity contribution in [1.82, 2.24) is 9.78 Å². The molecule has 4 aromatic rings. The van der Waals surface area contributed by atoms with Crippen molar-refractivity contribution in [3.05, 3.63) is 90.4 Å². The molecule has 0 N–H and O–H groups in total. The molecule has 192 valence electrons. The van der Waals surface area contributed by atoms with Crippen LogP contribution in [0.4, 0.5) is 10.1 Å². The summed E-state index contributed by atoms with van der Waals surface area (Å²) in [5.41, 5.74) is 3.57. The van der Waals surface area contributed by atoms with Crippen LogP contribution in [0.2, 0.25) is 0 Å². The number of rotatable bonds is 8. The van der Waals surface area contributed by atoms with E-state index in [1.54, 1.807) is 23.0 Å². The number of nitrogens with zero attached hydrogens (tertiary/aromatic N) is 3. The van der Waals surface area contributed by atoms with Gasteiger partial charge in [0, 0.05) is 35.2 Å². The minimum Gasteiger partial charge on any atom is -0.304 e. The van der Waals surface area contributed by atoms with Gasteiger partial charge in [0.15, 0.2) is 0 Å². The molecular weight excluding hydrogens is 477 g/mol. The number of Topliss-reactive ketones (excluding diaryl/α,β-unsaturated/α-hetero) is 1. The molecule has 3 fully saturated rings. The maximum atomic E-state index is 14.2. The number of fused-ring (bicyclic) bond motifs is 1. The van der Waals surface area contributed by atoms with E-state index in [-0.39, 0.29) is 35.5 Å². The van der Waals surface area contributed by atoms with E-state index >= 15 is 0 Å². The third kappa shape index (κ3) is 4.22. The Balaban J connectivity index is 1.30. The second-order valence-corrected chi connectivity index (χ2v) is 11.2. The Morgan fingerprint density at radius 3 is 2.37 bits per heavy atom. The molecule has 1 saturated heterocycles. The average molecular weight is 508 g/mol.